The monoisotopic (exact) mass is 296 g/mol. The summed E-state index contributed by atoms with van der Waals surface area (Å²) >= 11 is 19.1. The SMILES string of the molecule is CC1C2CCC3(C)C([Si](Cl)(Cl)Cl)C(C)(C)C123. The first kappa shape index (κ1) is 12.1. The van der Waals surface area contributed by atoms with Gasteiger partial charge in [-0.25, -0.2) is 0 Å². The van der Waals surface area contributed by atoms with Crippen LogP contribution in [0.1, 0.15) is 40.5 Å². The third-order valence-corrected chi connectivity index (χ3v) is 10.4. The van der Waals surface area contributed by atoms with Gasteiger partial charge in [-0.1, -0.05) is 27.7 Å². The summed E-state index contributed by atoms with van der Waals surface area (Å²) in [5.41, 5.74) is 1.40. The van der Waals surface area contributed by atoms with Crippen LogP contribution in [0.2, 0.25) is 5.54 Å². The molecule has 0 heterocycles. The molecule has 5 atom stereocenters. The van der Waals surface area contributed by atoms with Gasteiger partial charge in [-0.2, -0.15) is 0 Å². The van der Waals surface area contributed by atoms with Crippen LogP contribution in [0.5, 0.6) is 0 Å². The molecule has 0 radical (unpaired) electrons. The highest BCUT2D eigenvalue weighted by Gasteiger charge is 2.91. The van der Waals surface area contributed by atoms with E-state index in [9.17, 15) is 0 Å². The number of hydrogen-bond acceptors (Lipinski definition) is 0. The van der Waals surface area contributed by atoms with Crippen molar-refractivity contribution in [1.29, 1.82) is 0 Å². The second-order valence-corrected chi connectivity index (χ2v) is 15.7. The Balaban J connectivity index is 2.08. The van der Waals surface area contributed by atoms with Crippen LogP contribution >= 0.6 is 33.2 Å². The Labute approximate surface area is 113 Å². The van der Waals surface area contributed by atoms with Crippen LogP contribution in [0, 0.1) is 28.1 Å². The van der Waals surface area contributed by atoms with E-state index >= 15 is 0 Å². The van der Waals surface area contributed by atoms with Crippen molar-refractivity contribution in [3.05, 3.63) is 0 Å². The quantitative estimate of drug-likeness (QED) is 0.466. The van der Waals surface area contributed by atoms with E-state index < -0.39 is 6.00 Å². The van der Waals surface area contributed by atoms with Crippen molar-refractivity contribution < 1.29 is 0 Å². The van der Waals surface area contributed by atoms with Gasteiger partial charge < -0.3 is 0 Å². The minimum absolute atomic E-state index is 0.236. The highest BCUT2D eigenvalue weighted by Crippen LogP contribution is 2.96. The molecular formula is C12H19Cl3Si. The van der Waals surface area contributed by atoms with Gasteiger partial charge in [0.2, 0.25) is 0 Å². The Bertz CT molecular complexity index is 362. The molecule has 0 aromatic rings. The van der Waals surface area contributed by atoms with Crippen molar-refractivity contribution in [1.82, 2.24) is 0 Å². The molecule has 0 aromatic heterocycles. The van der Waals surface area contributed by atoms with E-state index in [0.717, 1.165) is 11.8 Å². The highest BCUT2D eigenvalue weighted by atomic mass is 35.8. The average Bonchev–Trinajstić information content (AvgIpc) is 2.56. The van der Waals surface area contributed by atoms with E-state index in [2.05, 4.69) is 27.7 Å². The molecule has 5 unspecified atom stereocenters. The van der Waals surface area contributed by atoms with Gasteiger partial charge in [0, 0.05) is 5.54 Å². The van der Waals surface area contributed by atoms with Gasteiger partial charge in [-0.05, 0) is 40.9 Å². The van der Waals surface area contributed by atoms with E-state index in [1.165, 1.54) is 12.8 Å². The molecule has 3 rings (SSSR count). The zero-order valence-corrected chi connectivity index (χ0v) is 13.5. The fourth-order valence-corrected chi connectivity index (χ4v) is 13.4. The molecule has 3 saturated carbocycles. The molecule has 0 nitrogen and oxygen atoms in total. The van der Waals surface area contributed by atoms with Crippen LogP contribution in [-0.4, -0.2) is 6.00 Å². The molecule has 4 heteroatoms. The Morgan fingerprint density at radius 1 is 1.12 bits per heavy atom. The topological polar surface area (TPSA) is 0 Å². The smallest absolute Gasteiger partial charge is 0.126 e. The van der Waals surface area contributed by atoms with E-state index in [0.29, 0.717) is 16.4 Å². The predicted octanol–water partition coefficient (Wildman–Crippen LogP) is 5.10. The first-order valence-corrected chi connectivity index (χ1v) is 11.3. The van der Waals surface area contributed by atoms with Gasteiger partial charge in [0.15, 0.2) is 0 Å². The molecule has 0 bridgehead atoms. The Morgan fingerprint density at radius 3 is 2.12 bits per heavy atom. The molecule has 0 N–H and O–H groups in total. The standard InChI is InChI=1S/C12H19Cl3Si/c1-7-8-5-6-11(4)9(16(13,14)15)10(2,3)12(7,8)11/h7-9H,5-6H2,1-4H3. The lowest BCUT2D eigenvalue weighted by molar-refractivity contribution is -0.118. The predicted molar refractivity (Wildman–Crippen MR) is 73.3 cm³/mol. The third kappa shape index (κ3) is 0.919. The fraction of sp³-hybridized carbons (Fsp3) is 1.00. The second kappa shape index (κ2) is 2.81. The fourth-order valence-electron chi connectivity index (χ4n) is 6.65. The molecule has 0 saturated heterocycles. The second-order valence-electron chi connectivity index (χ2n) is 6.92. The molecule has 0 aromatic carbocycles. The van der Waals surface area contributed by atoms with Crippen molar-refractivity contribution in [3.8, 4) is 0 Å². The van der Waals surface area contributed by atoms with Crippen LogP contribution in [0.3, 0.4) is 0 Å². The lowest BCUT2D eigenvalue weighted by atomic mass is 9.43. The van der Waals surface area contributed by atoms with Gasteiger partial charge in [-0.15, -0.1) is 33.2 Å². The van der Waals surface area contributed by atoms with Crippen molar-refractivity contribution >= 4 is 39.2 Å². The number of rotatable bonds is 1. The summed E-state index contributed by atoms with van der Waals surface area (Å²) in [6.45, 7) is 9.48. The Kier molecular flexibility index (Phi) is 2.13. The van der Waals surface area contributed by atoms with Gasteiger partial charge in [0.05, 0.1) is 0 Å². The molecule has 3 aliphatic carbocycles. The summed E-state index contributed by atoms with van der Waals surface area (Å²) in [6.07, 6.45) is 2.63. The maximum absolute atomic E-state index is 6.37. The van der Waals surface area contributed by atoms with Crippen LogP contribution in [-0.2, 0) is 0 Å². The minimum Gasteiger partial charge on any atom is -0.126 e. The summed E-state index contributed by atoms with van der Waals surface area (Å²) in [5.74, 6) is 1.75. The van der Waals surface area contributed by atoms with Crippen LogP contribution in [0.4, 0.5) is 0 Å². The zero-order valence-electron chi connectivity index (χ0n) is 10.3. The molecular weight excluding hydrogens is 279 g/mol. The van der Waals surface area contributed by atoms with E-state index in [1.54, 1.807) is 0 Å². The van der Waals surface area contributed by atoms with Gasteiger partial charge in [0.25, 0.3) is 0 Å². The van der Waals surface area contributed by atoms with Crippen LogP contribution in [0.15, 0.2) is 0 Å². The van der Waals surface area contributed by atoms with Crippen molar-refractivity contribution in [2.75, 3.05) is 0 Å². The summed E-state index contributed by atoms with van der Waals surface area (Å²) in [7, 11) is 0. The summed E-state index contributed by atoms with van der Waals surface area (Å²) in [6, 6.07) is -2.60. The minimum atomic E-state index is -2.60. The average molecular weight is 298 g/mol. The Hall–Kier alpha value is 1.09. The first-order chi connectivity index (χ1) is 7.12. The lowest BCUT2D eigenvalue weighted by Crippen LogP contribution is -2.64. The Morgan fingerprint density at radius 2 is 1.69 bits per heavy atom. The molecule has 92 valence electrons. The lowest BCUT2D eigenvalue weighted by Gasteiger charge is -2.68. The molecule has 0 aliphatic heterocycles. The highest BCUT2D eigenvalue weighted by molar-refractivity contribution is 7.65. The first-order valence-electron chi connectivity index (χ1n) is 6.18. The van der Waals surface area contributed by atoms with Crippen molar-refractivity contribution in [3.63, 3.8) is 0 Å². The number of halogens is 3. The maximum Gasteiger partial charge on any atom is 0.345 e. The normalized spacial score (nSPS) is 57.6. The van der Waals surface area contributed by atoms with Gasteiger partial charge in [-0.3, -0.25) is 0 Å². The third-order valence-electron chi connectivity index (χ3n) is 6.47. The van der Waals surface area contributed by atoms with Crippen LogP contribution in [0.25, 0.3) is 0 Å². The molecule has 16 heavy (non-hydrogen) atoms. The zero-order chi connectivity index (χ0) is 12.1. The van der Waals surface area contributed by atoms with Gasteiger partial charge >= 0.3 is 6.00 Å². The molecule has 3 fully saturated rings. The molecule has 3 aliphatic rings. The largest absolute Gasteiger partial charge is 0.345 e. The maximum atomic E-state index is 6.37. The molecule has 1 spiro atoms. The van der Waals surface area contributed by atoms with E-state index in [-0.39, 0.29) is 5.41 Å². The van der Waals surface area contributed by atoms with Gasteiger partial charge in [0.1, 0.15) is 0 Å². The van der Waals surface area contributed by atoms with Crippen molar-refractivity contribution in [2.24, 2.45) is 28.1 Å². The van der Waals surface area contributed by atoms with Crippen molar-refractivity contribution in [2.45, 2.75) is 46.1 Å². The van der Waals surface area contributed by atoms with E-state index in [1.807, 2.05) is 0 Å². The van der Waals surface area contributed by atoms with Crippen LogP contribution < -0.4 is 0 Å². The molecule has 0 amide bonds. The summed E-state index contributed by atoms with van der Waals surface area (Å²) in [4.78, 5) is 0. The number of hydrogen-bond donors (Lipinski definition) is 0. The summed E-state index contributed by atoms with van der Waals surface area (Å²) < 4.78 is 0. The summed E-state index contributed by atoms with van der Waals surface area (Å²) in [5, 5.41) is 0. The van der Waals surface area contributed by atoms with E-state index in [4.69, 9.17) is 33.2 Å².